The van der Waals surface area contributed by atoms with Crippen LogP contribution in [0.4, 0.5) is 0 Å². The summed E-state index contributed by atoms with van der Waals surface area (Å²) < 4.78 is 0. The number of rotatable bonds is 5. The summed E-state index contributed by atoms with van der Waals surface area (Å²) in [4.78, 5) is 4.70. The first-order valence-electron chi connectivity index (χ1n) is 5.63. The summed E-state index contributed by atoms with van der Waals surface area (Å²) in [7, 11) is 0. The molecule has 4 heteroatoms. The fraction of sp³-hybridized carbons (Fsp3) is 0.909. The van der Waals surface area contributed by atoms with Crippen molar-refractivity contribution in [2.45, 2.75) is 45.2 Å². The lowest BCUT2D eigenvalue weighted by Gasteiger charge is -2.25. The lowest BCUT2D eigenvalue weighted by Crippen LogP contribution is -2.42. The van der Waals surface area contributed by atoms with E-state index in [4.69, 9.17) is 4.99 Å². The maximum Gasteiger partial charge on any atom is 0.157 e. The van der Waals surface area contributed by atoms with Gasteiger partial charge in [-0.3, -0.25) is 4.99 Å². The van der Waals surface area contributed by atoms with Crippen LogP contribution in [0.15, 0.2) is 4.99 Å². The van der Waals surface area contributed by atoms with E-state index in [-0.39, 0.29) is 0 Å². The Kier molecular flexibility index (Phi) is 5.33. The first-order valence-corrected chi connectivity index (χ1v) is 8.01. The third-order valence-electron chi connectivity index (χ3n) is 2.96. The molecule has 1 unspecified atom stereocenters. The molecule has 0 amide bonds. The highest BCUT2D eigenvalue weighted by molar-refractivity contribution is 8.14. The van der Waals surface area contributed by atoms with Crippen molar-refractivity contribution < 1.29 is 0 Å². The van der Waals surface area contributed by atoms with Gasteiger partial charge in [-0.2, -0.15) is 11.8 Å². The minimum Gasteiger partial charge on any atom is -0.359 e. The number of aliphatic imine (C=N–C) groups is 1. The summed E-state index contributed by atoms with van der Waals surface area (Å²) in [5, 5.41) is 4.75. The Balaban J connectivity index is 2.54. The fourth-order valence-corrected chi connectivity index (χ4v) is 3.68. The second kappa shape index (κ2) is 6.04. The summed E-state index contributed by atoms with van der Waals surface area (Å²) in [6.45, 7) is 6.69. The highest BCUT2D eigenvalue weighted by atomic mass is 32.2. The number of nitrogens with zero attached hydrogens (tertiary/aromatic N) is 1. The van der Waals surface area contributed by atoms with Crippen molar-refractivity contribution in [2.75, 3.05) is 17.8 Å². The van der Waals surface area contributed by atoms with E-state index < -0.39 is 0 Å². The van der Waals surface area contributed by atoms with Crippen LogP contribution in [-0.4, -0.2) is 34.5 Å². The summed E-state index contributed by atoms with van der Waals surface area (Å²) in [6.07, 6.45) is 4.51. The van der Waals surface area contributed by atoms with Gasteiger partial charge in [0.05, 0.1) is 6.04 Å². The molecule has 1 saturated heterocycles. The quantitative estimate of drug-likeness (QED) is 0.807. The van der Waals surface area contributed by atoms with Crippen LogP contribution < -0.4 is 5.32 Å². The Hall–Kier alpha value is 0.170. The topological polar surface area (TPSA) is 24.4 Å². The van der Waals surface area contributed by atoms with Crippen molar-refractivity contribution in [1.29, 1.82) is 0 Å². The molecule has 88 valence electrons. The van der Waals surface area contributed by atoms with E-state index in [2.05, 4.69) is 32.3 Å². The molecule has 0 radical (unpaired) electrons. The van der Waals surface area contributed by atoms with Crippen molar-refractivity contribution in [2.24, 2.45) is 4.99 Å². The van der Waals surface area contributed by atoms with Gasteiger partial charge in [0.2, 0.25) is 0 Å². The Bertz CT molecular complexity index is 225. The number of nitrogens with one attached hydrogen (secondary N) is 1. The Morgan fingerprint density at radius 1 is 1.53 bits per heavy atom. The predicted octanol–water partition coefficient (Wildman–Crippen LogP) is 2.99. The molecule has 15 heavy (non-hydrogen) atoms. The molecule has 1 fully saturated rings. The maximum atomic E-state index is 4.70. The van der Waals surface area contributed by atoms with E-state index in [1.807, 2.05) is 23.5 Å². The summed E-state index contributed by atoms with van der Waals surface area (Å²) >= 11 is 3.74. The Morgan fingerprint density at radius 3 is 2.67 bits per heavy atom. The molecule has 0 aromatic heterocycles. The van der Waals surface area contributed by atoms with Gasteiger partial charge in [-0.25, -0.2) is 0 Å². The first-order chi connectivity index (χ1) is 7.15. The molecule has 1 aliphatic rings. The molecular weight excluding hydrogens is 224 g/mol. The van der Waals surface area contributed by atoms with E-state index in [9.17, 15) is 0 Å². The van der Waals surface area contributed by atoms with Gasteiger partial charge in [0.15, 0.2) is 5.17 Å². The van der Waals surface area contributed by atoms with Gasteiger partial charge in [0.25, 0.3) is 0 Å². The number of thioether (sulfide) groups is 2. The highest BCUT2D eigenvalue weighted by Gasteiger charge is 2.33. The van der Waals surface area contributed by atoms with Crippen molar-refractivity contribution in [3.63, 3.8) is 0 Å². The average molecular weight is 246 g/mol. The Morgan fingerprint density at radius 2 is 2.20 bits per heavy atom. The van der Waals surface area contributed by atoms with Crippen molar-refractivity contribution >= 4 is 28.7 Å². The zero-order chi connectivity index (χ0) is 11.3. The molecule has 1 N–H and O–H groups in total. The average Bonchev–Trinajstić information content (AvgIpc) is 2.63. The number of hydrogen-bond acceptors (Lipinski definition) is 3. The summed E-state index contributed by atoms with van der Waals surface area (Å²) in [5.74, 6) is 2.28. The molecule has 0 aromatic carbocycles. The van der Waals surface area contributed by atoms with E-state index in [1.165, 1.54) is 18.6 Å². The third kappa shape index (κ3) is 3.59. The van der Waals surface area contributed by atoms with Crippen LogP contribution in [0.2, 0.25) is 0 Å². The SMILES string of the molecule is CCC1(CC)CSC(=NC(C)CSC)N1. The molecule has 0 aliphatic carbocycles. The monoisotopic (exact) mass is 246 g/mol. The second-order valence-electron chi connectivity index (χ2n) is 4.14. The number of hydrogen-bond donors (Lipinski definition) is 1. The molecule has 1 atom stereocenters. The molecule has 2 nitrogen and oxygen atoms in total. The molecule has 1 aliphatic heterocycles. The van der Waals surface area contributed by atoms with Crippen molar-refractivity contribution in [1.82, 2.24) is 5.32 Å². The van der Waals surface area contributed by atoms with Gasteiger partial charge in [-0.1, -0.05) is 25.6 Å². The molecular formula is C11H22N2S2. The van der Waals surface area contributed by atoms with Gasteiger partial charge >= 0.3 is 0 Å². The minimum absolute atomic E-state index is 0.308. The molecule has 1 heterocycles. The standard InChI is InChI=1S/C11H22N2S2/c1-5-11(6-2)8-15-10(13-11)12-9(3)7-14-4/h9H,5-8H2,1-4H3,(H,12,13). The van der Waals surface area contributed by atoms with Gasteiger partial charge in [-0.15, -0.1) is 0 Å². The maximum absolute atomic E-state index is 4.70. The van der Waals surface area contributed by atoms with Crippen LogP contribution >= 0.6 is 23.5 Å². The Labute approximate surface area is 102 Å². The smallest absolute Gasteiger partial charge is 0.157 e. The highest BCUT2D eigenvalue weighted by Crippen LogP contribution is 2.29. The van der Waals surface area contributed by atoms with Crippen LogP contribution in [0.3, 0.4) is 0 Å². The zero-order valence-electron chi connectivity index (χ0n) is 10.2. The van der Waals surface area contributed by atoms with Gasteiger partial charge < -0.3 is 5.32 Å². The van der Waals surface area contributed by atoms with Gasteiger partial charge in [0, 0.05) is 17.0 Å². The van der Waals surface area contributed by atoms with Crippen LogP contribution in [0.5, 0.6) is 0 Å². The summed E-state index contributed by atoms with van der Waals surface area (Å²) in [5.41, 5.74) is 0.308. The van der Waals surface area contributed by atoms with E-state index >= 15 is 0 Å². The van der Waals surface area contributed by atoms with Gasteiger partial charge in [0.1, 0.15) is 0 Å². The van der Waals surface area contributed by atoms with Crippen molar-refractivity contribution in [3.8, 4) is 0 Å². The second-order valence-corrected chi connectivity index (χ2v) is 6.01. The lowest BCUT2D eigenvalue weighted by molar-refractivity contribution is 0.407. The van der Waals surface area contributed by atoms with E-state index in [1.54, 1.807) is 0 Å². The zero-order valence-corrected chi connectivity index (χ0v) is 11.8. The van der Waals surface area contributed by atoms with Crippen LogP contribution in [0.1, 0.15) is 33.6 Å². The van der Waals surface area contributed by atoms with Gasteiger partial charge in [-0.05, 0) is 26.0 Å². The fourth-order valence-electron chi connectivity index (χ4n) is 1.68. The van der Waals surface area contributed by atoms with Crippen LogP contribution in [-0.2, 0) is 0 Å². The molecule has 0 saturated carbocycles. The predicted molar refractivity (Wildman–Crippen MR) is 74.2 cm³/mol. The van der Waals surface area contributed by atoms with Crippen LogP contribution in [0, 0.1) is 0 Å². The largest absolute Gasteiger partial charge is 0.359 e. The normalized spacial score (nSPS) is 24.1. The van der Waals surface area contributed by atoms with E-state index in [0.29, 0.717) is 11.6 Å². The molecule has 0 spiro atoms. The van der Waals surface area contributed by atoms with E-state index in [0.717, 1.165) is 10.9 Å². The number of amidine groups is 1. The summed E-state index contributed by atoms with van der Waals surface area (Å²) in [6, 6.07) is 0.430. The van der Waals surface area contributed by atoms with Crippen molar-refractivity contribution in [3.05, 3.63) is 0 Å². The minimum atomic E-state index is 0.308. The van der Waals surface area contributed by atoms with Crippen LogP contribution in [0.25, 0.3) is 0 Å². The first kappa shape index (κ1) is 13.2. The lowest BCUT2D eigenvalue weighted by atomic mass is 9.96. The third-order valence-corrected chi connectivity index (χ3v) is 4.95. The molecule has 0 bridgehead atoms. The molecule has 1 rings (SSSR count). The molecule has 0 aromatic rings.